The largest absolute Gasteiger partial charge is 0.396 e. The van der Waals surface area contributed by atoms with Crippen LogP contribution in [0.4, 0.5) is 0 Å². The zero-order valence-electron chi connectivity index (χ0n) is 10.4. The minimum Gasteiger partial charge on any atom is -0.396 e. The number of hydrogen-bond acceptors (Lipinski definition) is 3. The minimum absolute atomic E-state index is 0.105. The van der Waals surface area contributed by atoms with Crippen molar-refractivity contribution in [1.82, 2.24) is 5.32 Å². The molecule has 0 radical (unpaired) electrons. The Labute approximate surface area is 98.6 Å². The molecule has 0 aromatic carbocycles. The molecule has 0 aliphatic heterocycles. The number of hydrogen-bond donors (Lipinski definition) is 3. The van der Waals surface area contributed by atoms with Crippen LogP contribution in [0, 0.1) is 0 Å². The second-order valence-corrected chi connectivity index (χ2v) is 4.14. The Kier molecular flexibility index (Phi) is 10.5. The van der Waals surface area contributed by atoms with Crippen molar-refractivity contribution >= 4 is 5.91 Å². The number of nitrogens with one attached hydrogen (secondary N) is 1. The first kappa shape index (κ1) is 15.4. The molecule has 0 saturated heterocycles. The molecule has 0 bridgehead atoms. The molecule has 0 saturated carbocycles. The van der Waals surface area contributed by atoms with Gasteiger partial charge in [0, 0.05) is 19.1 Å². The third-order valence-electron chi connectivity index (χ3n) is 2.69. The Morgan fingerprint density at radius 2 is 2.00 bits per heavy atom. The Balaban J connectivity index is 3.48. The fourth-order valence-electron chi connectivity index (χ4n) is 1.62. The Hall–Kier alpha value is -0.610. The third-order valence-corrected chi connectivity index (χ3v) is 2.69. The van der Waals surface area contributed by atoms with Crippen LogP contribution in [0.3, 0.4) is 0 Å². The van der Waals surface area contributed by atoms with E-state index in [4.69, 9.17) is 10.8 Å². The highest BCUT2D eigenvalue weighted by Crippen LogP contribution is 2.03. The number of aliphatic hydroxyl groups excluding tert-OH is 1. The first-order valence-corrected chi connectivity index (χ1v) is 6.34. The summed E-state index contributed by atoms with van der Waals surface area (Å²) in [4.78, 5) is 11.5. The zero-order valence-corrected chi connectivity index (χ0v) is 10.4. The summed E-state index contributed by atoms with van der Waals surface area (Å²) in [5.41, 5.74) is 5.38. The number of carbonyl (C=O) groups is 1. The maximum absolute atomic E-state index is 11.5. The van der Waals surface area contributed by atoms with Gasteiger partial charge in [-0.05, 0) is 32.2 Å². The molecular weight excluding hydrogens is 204 g/mol. The molecule has 0 aliphatic carbocycles. The maximum atomic E-state index is 11.5. The highest BCUT2D eigenvalue weighted by molar-refractivity contribution is 5.76. The number of aliphatic hydroxyl groups is 1. The molecular formula is C12H26N2O2. The Morgan fingerprint density at radius 3 is 2.56 bits per heavy atom. The summed E-state index contributed by atoms with van der Waals surface area (Å²) >= 11 is 0. The SMILES string of the molecule is CCC(CCO)NC(=O)CCCCCCN. The van der Waals surface area contributed by atoms with Crippen molar-refractivity contribution < 1.29 is 9.90 Å². The van der Waals surface area contributed by atoms with Gasteiger partial charge >= 0.3 is 0 Å². The van der Waals surface area contributed by atoms with E-state index < -0.39 is 0 Å². The summed E-state index contributed by atoms with van der Waals surface area (Å²) in [6.45, 7) is 2.89. The van der Waals surface area contributed by atoms with E-state index in [-0.39, 0.29) is 18.6 Å². The molecule has 96 valence electrons. The average Bonchev–Trinajstić information content (AvgIpc) is 2.28. The van der Waals surface area contributed by atoms with Gasteiger partial charge in [-0.2, -0.15) is 0 Å². The Bertz CT molecular complexity index is 174. The number of nitrogens with two attached hydrogens (primary N) is 1. The molecule has 0 aromatic rings. The molecule has 16 heavy (non-hydrogen) atoms. The van der Waals surface area contributed by atoms with Gasteiger partial charge in [0.05, 0.1) is 0 Å². The van der Waals surface area contributed by atoms with Crippen LogP contribution in [-0.4, -0.2) is 30.2 Å². The first-order chi connectivity index (χ1) is 7.74. The van der Waals surface area contributed by atoms with Crippen LogP contribution in [0.2, 0.25) is 0 Å². The lowest BCUT2D eigenvalue weighted by atomic mass is 10.1. The highest BCUT2D eigenvalue weighted by atomic mass is 16.3. The third kappa shape index (κ3) is 8.68. The van der Waals surface area contributed by atoms with Crippen molar-refractivity contribution in [3.05, 3.63) is 0 Å². The predicted molar refractivity (Wildman–Crippen MR) is 66.1 cm³/mol. The van der Waals surface area contributed by atoms with Crippen LogP contribution in [0.15, 0.2) is 0 Å². The van der Waals surface area contributed by atoms with E-state index >= 15 is 0 Å². The standard InChI is InChI=1S/C12H26N2O2/c1-2-11(8-10-15)14-12(16)7-5-3-4-6-9-13/h11,15H,2-10,13H2,1H3,(H,14,16). The van der Waals surface area contributed by atoms with E-state index in [1.165, 1.54) is 0 Å². The summed E-state index contributed by atoms with van der Waals surface area (Å²) in [7, 11) is 0. The van der Waals surface area contributed by atoms with Gasteiger partial charge in [-0.3, -0.25) is 4.79 Å². The predicted octanol–water partition coefficient (Wildman–Crippen LogP) is 1.17. The smallest absolute Gasteiger partial charge is 0.220 e. The molecule has 1 amide bonds. The summed E-state index contributed by atoms with van der Waals surface area (Å²) < 4.78 is 0. The monoisotopic (exact) mass is 230 g/mol. The molecule has 0 rings (SSSR count). The molecule has 4 N–H and O–H groups in total. The van der Waals surface area contributed by atoms with Gasteiger partial charge in [0.2, 0.25) is 5.91 Å². The van der Waals surface area contributed by atoms with Gasteiger partial charge in [-0.15, -0.1) is 0 Å². The summed E-state index contributed by atoms with van der Waals surface area (Å²) in [6, 6.07) is 0.126. The summed E-state index contributed by atoms with van der Waals surface area (Å²) in [5.74, 6) is 0.105. The van der Waals surface area contributed by atoms with Crippen molar-refractivity contribution in [2.24, 2.45) is 5.73 Å². The molecule has 4 nitrogen and oxygen atoms in total. The Morgan fingerprint density at radius 1 is 1.31 bits per heavy atom. The van der Waals surface area contributed by atoms with E-state index in [0.717, 1.165) is 38.6 Å². The summed E-state index contributed by atoms with van der Waals surface area (Å²) in [6.07, 6.45) is 6.27. The van der Waals surface area contributed by atoms with Crippen LogP contribution < -0.4 is 11.1 Å². The van der Waals surface area contributed by atoms with Gasteiger partial charge < -0.3 is 16.2 Å². The van der Waals surface area contributed by atoms with Gasteiger partial charge in [-0.1, -0.05) is 19.8 Å². The van der Waals surface area contributed by atoms with Crippen molar-refractivity contribution in [2.45, 2.75) is 57.9 Å². The van der Waals surface area contributed by atoms with E-state index in [9.17, 15) is 4.79 Å². The summed E-state index contributed by atoms with van der Waals surface area (Å²) in [5, 5.41) is 11.7. The lowest BCUT2D eigenvalue weighted by molar-refractivity contribution is -0.122. The highest BCUT2D eigenvalue weighted by Gasteiger charge is 2.08. The topological polar surface area (TPSA) is 75.3 Å². The van der Waals surface area contributed by atoms with Crippen LogP contribution in [0.25, 0.3) is 0 Å². The molecule has 0 spiro atoms. The second-order valence-electron chi connectivity index (χ2n) is 4.14. The molecule has 0 aliphatic rings. The second kappa shape index (κ2) is 10.9. The lowest BCUT2D eigenvalue weighted by Gasteiger charge is -2.15. The fourth-order valence-corrected chi connectivity index (χ4v) is 1.62. The molecule has 0 heterocycles. The normalized spacial score (nSPS) is 12.4. The van der Waals surface area contributed by atoms with Crippen molar-refractivity contribution in [1.29, 1.82) is 0 Å². The molecule has 0 aromatic heterocycles. The fraction of sp³-hybridized carbons (Fsp3) is 0.917. The minimum atomic E-state index is 0.105. The quantitative estimate of drug-likeness (QED) is 0.493. The first-order valence-electron chi connectivity index (χ1n) is 6.34. The maximum Gasteiger partial charge on any atom is 0.220 e. The van der Waals surface area contributed by atoms with Crippen molar-refractivity contribution in [3.63, 3.8) is 0 Å². The van der Waals surface area contributed by atoms with Crippen molar-refractivity contribution in [2.75, 3.05) is 13.2 Å². The van der Waals surface area contributed by atoms with Crippen LogP contribution >= 0.6 is 0 Å². The molecule has 4 heteroatoms. The van der Waals surface area contributed by atoms with Crippen molar-refractivity contribution in [3.8, 4) is 0 Å². The van der Waals surface area contributed by atoms with Gasteiger partial charge in [0.15, 0.2) is 0 Å². The van der Waals surface area contributed by atoms with E-state index in [0.29, 0.717) is 12.8 Å². The van der Waals surface area contributed by atoms with Crippen LogP contribution in [-0.2, 0) is 4.79 Å². The average molecular weight is 230 g/mol. The number of unbranched alkanes of at least 4 members (excludes halogenated alkanes) is 3. The van der Waals surface area contributed by atoms with Gasteiger partial charge in [0.1, 0.15) is 0 Å². The number of rotatable bonds is 10. The number of carbonyl (C=O) groups excluding carboxylic acids is 1. The van der Waals surface area contributed by atoms with E-state index in [2.05, 4.69) is 5.32 Å². The molecule has 1 atom stereocenters. The lowest BCUT2D eigenvalue weighted by Crippen LogP contribution is -2.34. The van der Waals surface area contributed by atoms with Crippen LogP contribution in [0.5, 0.6) is 0 Å². The van der Waals surface area contributed by atoms with Gasteiger partial charge in [0.25, 0.3) is 0 Å². The van der Waals surface area contributed by atoms with Crippen LogP contribution in [0.1, 0.15) is 51.9 Å². The van der Waals surface area contributed by atoms with E-state index in [1.54, 1.807) is 0 Å². The van der Waals surface area contributed by atoms with Gasteiger partial charge in [-0.25, -0.2) is 0 Å². The molecule has 0 fully saturated rings. The zero-order chi connectivity index (χ0) is 12.2. The van der Waals surface area contributed by atoms with E-state index in [1.807, 2.05) is 6.92 Å². The number of amides is 1. The molecule has 1 unspecified atom stereocenters.